The summed E-state index contributed by atoms with van der Waals surface area (Å²) >= 11 is 12.8. The summed E-state index contributed by atoms with van der Waals surface area (Å²) in [5.74, 6) is -0.922. The van der Waals surface area contributed by atoms with Crippen molar-refractivity contribution in [2.45, 2.75) is 76.6 Å². The van der Waals surface area contributed by atoms with Crippen LogP contribution in [0, 0.1) is 0 Å². The van der Waals surface area contributed by atoms with Crippen LogP contribution in [0.25, 0.3) is 22.4 Å². The average molecular weight is 951 g/mol. The number of rotatable bonds is 12. The fraction of sp³-hybridized carbons (Fsp3) is 0.375. The van der Waals surface area contributed by atoms with E-state index in [-0.39, 0.29) is 64.8 Å². The number of para-hydroxylation sites is 1. The van der Waals surface area contributed by atoms with E-state index < -0.39 is 29.5 Å². The number of fused-ring (bicyclic) bond motifs is 2. The highest BCUT2D eigenvalue weighted by atomic mass is 35.5. The number of imidazole rings is 2. The van der Waals surface area contributed by atoms with Gasteiger partial charge in [0.05, 0.1) is 46.1 Å². The van der Waals surface area contributed by atoms with Crippen LogP contribution in [0.2, 0.25) is 10.0 Å². The van der Waals surface area contributed by atoms with Crippen LogP contribution in [-0.4, -0.2) is 89.7 Å². The van der Waals surface area contributed by atoms with Crippen molar-refractivity contribution < 1.29 is 28.7 Å². The number of hydrogen-bond acceptors (Lipinski definition) is 10. The van der Waals surface area contributed by atoms with Gasteiger partial charge in [0.25, 0.3) is 17.4 Å². The first kappa shape index (κ1) is 45.6. The number of nitrogens with one attached hydrogen (secondary N) is 1. The average Bonchev–Trinajstić information content (AvgIpc) is 3.92. The lowest BCUT2D eigenvalue weighted by Gasteiger charge is -2.32. The normalized spacial score (nSPS) is 17.8. The van der Waals surface area contributed by atoms with Crippen molar-refractivity contribution in [3.05, 3.63) is 126 Å². The van der Waals surface area contributed by atoms with E-state index in [1.54, 1.807) is 41.8 Å². The predicted molar refractivity (Wildman–Crippen MR) is 251 cm³/mol. The lowest BCUT2D eigenvalue weighted by molar-refractivity contribution is -0.135. The van der Waals surface area contributed by atoms with E-state index in [2.05, 4.69) is 10.3 Å². The van der Waals surface area contributed by atoms with Gasteiger partial charge in [-0.15, -0.1) is 0 Å². The van der Waals surface area contributed by atoms with Gasteiger partial charge in [0.15, 0.2) is 5.69 Å². The molecule has 3 aliphatic heterocycles. The van der Waals surface area contributed by atoms with Crippen LogP contribution in [-0.2, 0) is 34.8 Å². The number of piperidine rings is 2. The second kappa shape index (κ2) is 18.3. The second-order valence-corrected chi connectivity index (χ2v) is 18.3. The van der Waals surface area contributed by atoms with E-state index in [1.165, 1.54) is 39.6 Å². The quantitative estimate of drug-likeness (QED) is 0.110. The molecule has 2 fully saturated rings. The highest BCUT2D eigenvalue weighted by molar-refractivity contribution is 6.31. The maximum absolute atomic E-state index is 14.6. The van der Waals surface area contributed by atoms with Gasteiger partial charge in [-0.05, 0) is 87.4 Å². The number of carbonyl (C=O) groups is 4. The second-order valence-electron chi connectivity index (χ2n) is 17.4. The summed E-state index contributed by atoms with van der Waals surface area (Å²) in [6.07, 6.45) is 5.95. The summed E-state index contributed by atoms with van der Waals surface area (Å²) in [4.78, 5) is 92.8. The molecule has 1 unspecified atom stereocenters. The number of aryl methyl sites for hydroxylation is 3. The van der Waals surface area contributed by atoms with Crippen molar-refractivity contribution in [2.75, 3.05) is 31.7 Å². The molecule has 0 saturated carbocycles. The summed E-state index contributed by atoms with van der Waals surface area (Å²) < 4.78 is 18.4. The van der Waals surface area contributed by atoms with Crippen molar-refractivity contribution in [1.82, 2.24) is 38.5 Å². The number of pyridine rings is 2. The molecule has 9 rings (SSSR count). The third-order valence-electron chi connectivity index (χ3n) is 12.9. The van der Waals surface area contributed by atoms with Crippen LogP contribution in [0.5, 0.6) is 5.88 Å². The molecule has 0 aliphatic carbocycles. The summed E-state index contributed by atoms with van der Waals surface area (Å²) in [5.41, 5.74) is 3.87. The van der Waals surface area contributed by atoms with Crippen LogP contribution < -0.4 is 26.2 Å². The Bertz CT molecular complexity index is 3090. The fourth-order valence-corrected chi connectivity index (χ4v) is 10.1. The van der Waals surface area contributed by atoms with Crippen molar-refractivity contribution in [3.63, 3.8) is 0 Å². The van der Waals surface area contributed by atoms with E-state index in [0.29, 0.717) is 84.1 Å². The molecule has 3 aliphatic rings. The molecule has 67 heavy (non-hydrogen) atoms. The molecule has 2 atom stereocenters. The summed E-state index contributed by atoms with van der Waals surface area (Å²) in [6.45, 7) is 5.33. The smallest absolute Gasteiger partial charge is 0.329 e. The molecule has 17 nitrogen and oxygen atoms in total. The number of carbonyl (C=O) groups excluding carboxylic acids is 4. The van der Waals surface area contributed by atoms with E-state index in [9.17, 15) is 28.8 Å². The molecule has 0 spiro atoms. The molecule has 0 radical (unpaired) electrons. The topological polar surface area (TPSA) is 185 Å². The molecule has 2 saturated heterocycles. The zero-order valence-electron chi connectivity index (χ0n) is 37.6. The molecule has 6 aromatic rings. The number of likely N-dealkylation sites (tertiary alicyclic amines) is 1. The number of nitrogens with zero attached hydrogens (tertiary/aromatic N) is 8. The standard InChI is InChI=1S/C48H49Cl2N9O8/c1-26(2)57-41-38(47(64)59(36-23-31(50)25-54(3)46(36)63)40(41)28-11-13-30(49)14-12-28)53-42(57)33-22-29(24-51-44(33)66-5)45(62)56-19-17-32(18-20-56)67-21-7-9-27-8-6-10-34-39(27)55(4)48(65)58(34)35-15-16-37(60)52-43(35)61/h6,8,10-14,22-26,32,35,40H,7,9,15-21H2,1-5H3,(H,52,60,61)/t35?,40-/m0/s1. The largest absolute Gasteiger partial charge is 0.480 e. The molecule has 2 aromatic carbocycles. The molecule has 348 valence electrons. The minimum absolute atomic E-state index is 0.0546. The van der Waals surface area contributed by atoms with Gasteiger partial charge in [-0.25, -0.2) is 14.8 Å². The van der Waals surface area contributed by atoms with Crippen LogP contribution in [0.3, 0.4) is 0 Å². The molecular weight excluding hydrogens is 901 g/mol. The number of hydrogen-bond donors (Lipinski definition) is 1. The predicted octanol–water partition coefficient (Wildman–Crippen LogP) is 6.18. The van der Waals surface area contributed by atoms with Crippen molar-refractivity contribution >= 4 is 63.6 Å². The Morgan fingerprint density at radius 3 is 2.40 bits per heavy atom. The lowest BCUT2D eigenvalue weighted by Crippen LogP contribution is -2.44. The Balaban J connectivity index is 0.906. The molecule has 4 amide bonds. The van der Waals surface area contributed by atoms with Gasteiger partial charge in [0.1, 0.15) is 23.6 Å². The van der Waals surface area contributed by atoms with Gasteiger partial charge < -0.3 is 23.5 Å². The Labute approximate surface area is 394 Å². The lowest BCUT2D eigenvalue weighted by atomic mass is 10.0. The van der Waals surface area contributed by atoms with Gasteiger partial charge in [0.2, 0.25) is 17.7 Å². The highest BCUT2D eigenvalue weighted by Crippen LogP contribution is 2.45. The molecule has 7 heterocycles. The van der Waals surface area contributed by atoms with E-state index in [4.69, 9.17) is 37.7 Å². The first-order chi connectivity index (χ1) is 32.2. The van der Waals surface area contributed by atoms with Crippen LogP contribution in [0.15, 0.2) is 76.6 Å². The maximum Gasteiger partial charge on any atom is 0.329 e. The van der Waals surface area contributed by atoms with E-state index >= 15 is 0 Å². The third-order valence-corrected chi connectivity index (χ3v) is 13.4. The number of aromatic nitrogens is 6. The highest BCUT2D eigenvalue weighted by Gasteiger charge is 2.46. The van der Waals surface area contributed by atoms with Gasteiger partial charge >= 0.3 is 5.69 Å². The van der Waals surface area contributed by atoms with Gasteiger partial charge in [0, 0.05) is 63.7 Å². The minimum atomic E-state index is -0.786. The number of anilines is 1. The van der Waals surface area contributed by atoms with Crippen molar-refractivity contribution in [3.8, 4) is 17.3 Å². The van der Waals surface area contributed by atoms with Gasteiger partial charge in [-0.1, -0.05) is 47.5 Å². The third kappa shape index (κ3) is 8.22. The van der Waals surface area contributed by atoms with E-state index in [0.717, 1.165) is 11.1 Å². The number of benzene rings is 2. The maximum atomic E-state index is 14.6. The summed E-state index contributed by atoms with van der Waals surface area (Å²) in [7, 11) is 4.75. The number of methoxy groups -OCH3 is 1. The van der Waals surface area contributed by atoms with E-state index in [1.807, 2.05) is 48.7 Å². The molecule has 0 bridgehead atoms. The summed E-state index contributed by atoms with van der Waals surface area (Å²) in [6, 6.07) is 14.1. The zero-order chi connectivity index (χ0) is 47.4. The summed E-state index contributed by atoms with van der Waals surface area (Å²) in [5, 5.41) is 3.14. The Kier molecular flexibility index (Phi) is 12.4. The number of amides is 4. The fourth-order valence-electron chi connectivity index (χ4n) is 9.72. The Morgan fingerprint density at radius 2 is 1.70 bits per heavy atom. The molecule has 4 aromatic heterocycles. The van der Waals surface area contributed by atoms with Crippen LogP contribution in [0.1, 0.15) is 102 Å². The number of ether oxygens (including phenoxy) is 2. The Hall–Kier alpha value is -6.56. The van der Waals surface area contributed by atoms with Crippen LogP contribution in [0.4, 0.5) is 5.69 Å². The van der Waals surface area contributed by atoms with Crippen LogP contribution >= 0.6 is 23.2 Å². The Morgan fingerprint density at radius 1 is 0.955 bits per heavy atom. The number of halogens is 2. The molecule has 1 N–H and O–H groups in total. The monoisotopic (exact) mass is 949 g/mol. The minimum Gasteiger partial charge on any atom is -0.480 e. The van der Waals surface area contributed by atoms with Gasteiger partial charge in [-0.2, -0.15) is 0 Å². The first-order valence-corrected chi connectivity index (χ1v) is 23.0. The van der Waals surface area contributed by atoms with Crippen molar-refractivity contribution in [2.24, 2.45) is 14.1 Å². The SMILES string of the molecule is COc1ncc(C(=O)N2CCC(OCCCc3cccc4c3n(C)c(=O)n4C3CCC(=O)NC3=O)CC2)cc1-c1nc2c(n1C(C)C)[C@H](c1ccc(Cl)cc1)N(c1cc(Cl)cn(C)c1=O)C2=O. The van der Waals surface area contributed by atoms with Gasteiger partial charge in [-0.3, -0.25) is 43.3 Å². The first-order valence-electron chi connectivity index (χ1n) is 22.2. The van der Waals surface area contributed by atoms with Crippen molar-refractivity contribution in [1.29, 1.82) is 0 Å². The zero-order valence-corrected chi connectivity index (χ0v) is 39.1. The number of imide groups is 1. The molecular formula is C48H49Cl2N9O8. The molecule has 19 heteroatoms.